The van der Waals surface area contributed by atoms with Gasteiger partial charge in [-0.2, -0.15) is 0 Å². The van der Waals surface area contributed by atoms with E-state index in [4.69, 9.17) is 5.73 Å². The van der Waals surface area contributed by atoms with Crippen LogP contribution in [0.4, 0.5) is 0 Å². The topological polar surface area (TPSA) is 38.0 Å². The van der Waals surface area contributed by atoms with E-state index in [9.17, 15) is 0 Å². The van der Waals surface area contributed by atoms with E-state index < -0.39 is 0 Å². The molecule has 0 spiro atoms. The Morgan fingerprint density at radius 3 is 2.80 bits per heavy atom. The van der Waals surface area contributed by atoms with Crippen LogP contribution in [-0.2, 0) is 0 Å². The lowest BCUT2D eigenvalue weighted by Crippen LogP contribution is -2.41. The van der Waals surface area contributed by atoms with Crippen molar-refractivity contribution in [2.24, 2.45) is 5.73 Å². The summed E-state index contributed by atoms with van der Waals surface area (Å²) in [6.07, 6.45) is 5.01. The zero-order valence-corrected chi connectivity index (χ0v) is 6.77. The standard InChI is InChI=1S/C8H18N2/c1-2-6-10-8-5-3-4-7(8)9/h7-8,10H,2-6,9H2,1H3/t7-,8-/m1/s1. The lowest BCUT2D eigenvalue weighted by molar-refractivity contribution is 0.476. The van der Waals surface area contributed by atoms with Crippen LogP contribution in [0, 0.1) is 0 Å². The van der Waals surface area contributed by atoms with E-state index in [1.807, 2.05) is 0 Å². The third-order valence-corrected chi connectivity index (χ3v) is 2.23. The number of nitrogens with one attached hydrogen (secondary N) is 1. The summed E-state index contributed by atoms with van der Waals surface area (Å²) in [7, 11) is 0. The van der Waals surface area contributed by atoms with Gasteiger partial charge < -0.3 is 11.1 Å². The van der Waals surface area contributed by atoms with E-state index >= 15 is 0 Å². The highest BCUT2D eigenvalue weighted by atomic mass is 15.0. The molecular formula is C8H18N2. The van der Waals surface area contributed by atoms with E-state index in [0.717, 1.165) is 6.54 Å². The van der Waals surface area contributed by atoms with Gasteiger partial charge in [0.15, 0.2) is 0 Å². The first-order valence-electron chi connectivity index (χ1n) is 4.33. The monoisotopic (exact) mass is 142 g/mol. The summed E-state index contributed by atoms with van der Waals surface area (Å²) in [6, 6.07) is 1.03. The largest absolute Gasteiger partial charge is 0.326 e. The molecular weight excluding hydrogens is 124 g/mol. The molecule has 60 valence electrons. The van der Waals surface area contributed by atoms with Gasteiger partial charge in [-0.25, -0.2) is 0 Å². The Kier molecular flexibility index (Phi) is 3.16. The highest BCUT2D eigenvalue weighted by molar-refractivity contribution is 4.85. The number of nitrogens with two attached hydrogens (primary N) is 1. The molecule has 1 saturated carbocycles. The van der Waals surface area contributed by atoms with Crippen LogP contribution in [0.25, 0.3) is 0 Å². The minimum atomic E-state index is 0.423. The highest BCUT2D eigenvalue weighted by Crippen LogP contribution is 2.16. The molecule has 0 amide bonds. The van der Waals surface area contributed by atoms with Crippen LogP contribution in [-0.4, -0.2) is 18.6 Å². The van der Waals surface area contributed by atoms with Gasteiger partial charge in [0.2, 0.25) is 0 Å². The smallest absolute Gasteiger partial charge is 0.0219 e. The fraction of sp³-hybridized carbons (Fsp3) is 1.00. The zero-order chi connectivity index (χ0) is 7.40. The minimum absolute atomic E-state index is 0.423. The molecule has 3 N–H and O–H groups in total. The Morgan fingerprint density at radius 2 is 2.30 bits per heavy atom. The molecule has 2 atom stereocenters. The van der Waals surface area contributed by atoms with Crippen molar-refractivity contribution in [3.05, 3.63) is 0 Å². The maximum Gasteiger partial charge on any atom is 0.0219 e. The Hall–Kier alpha value is -0.0800. The van der Waals surface area contributed by atoms with Crippen LogP contribution in [0.1, 0.15) is 32.6 Å². The van der Waals surface area contributed by atoms with Gasteiger partial charge in [0.25, 0.3) is 0 Å². The highest BCUT2D eigenvalue weighted by Gasteiger charge is 2.22. The molecule has 1 aliphatic rings. The van der Waals surface area contributed by atoms with Crippen LogP contribution in [0.15, 0.2) is 0 Å². The van der Waals surface area contributed by atoms with Gasteiger partial charge in [0.1, 0.15) is 0 Å². The molecule has 0 unspecified atom stereocenters. The maximum absolute atomic E-state index is 5.86. The first-order valence-corrected chi connectivity index (χ1v) is 4.33. The van der Waals surface area contributed by atoms with Crippen molar-refractivity contribution in [1.82, 2.24) is 5.32 Å². The lowest BCUT2D eigenvalue weighted by Gasteiger charge is -2.15. The Morgan fingerprint density at radius 1 is 1.50 bits per heavy atom. The summed E-state index contributed by atoms with van der Waals surface area (Å²) in [5.41, 5.74) is 5.86. The normalized spacial score (nSPS) is 33.0. The van der Waals surface area contributed by atoms with Gasteiger partial charge in [0.05, 0.1) is 0 Å². The van der Waals surface area contributed by atoms with Crippen molar-refractivity contribution in [1.29, 1.82) is 0 Å². The summed E-state index contributed by atoms with van der Waals surface area (Å²) in [5, 5.41) is 3.46. The van der Waals surface area contributed by atoms with Crippen molar-refractivity contribution < 1.29 is 0 Å². The van der Waals surface area contributed by atoms with Gasteiger partial charge >= 0.3 is 0 Å². The molecule has 0 aromatic rings. The van der Waals surface area contributed by atoms with Crippen molar-refractivity contribution in [2.75, 3.05) is 6.54 Å². The fourth-order valence-corrected chi connectivity index (χ4v) is 1.57. The van der Waals surface area contributed by atoms with Gasteiger partial charge in [0, 0.05) is 12.1 Å². The molecule has 10 heavy (non-hydrogen) atoms. The van der Waals surface area contributed by atoms with E-state index in [1.54, 1.807) is 0 Å². The van der Waals surface area contributed by atoms with E-state index in [2.05, 4.69) is 12.2 Å². The van der Waals surface area contributed by atoms with Crippen molar-refractivity contribution in [3.8, 4) is 0 Å². The SMILES string of the molecule is CCCN[C@@H]1CCC[C@H]1N. The Bertz CT molecular complexity index is 93.3. The summed E-state index contributed by atoms with van der Waals surface area (Å²) in [5.74, 6) is 0. The molecule has 1 rings (SSSR count). The molecule has 2 heteroatoms. The molecule has 1 fully saturated rings. The second kappa shape index (κ2) is 3.94. The van der Waals surface area contributed by atoms with Crippen molar-refractivity contribution in [2.45, 2.75) is 44.7 Å². The third-order valence-electron chi connectivity index (χ3n) is 2.23. The first kappa shape index (κ1) is 8.02. The van der Waals surface area contributed by atoms with Gasteiger partial charge in [-0.1, -0.05) is 13.3 Å². The number of hydrogen-bond donors (Lipinski definition) is 2. The summed E-state index contributed by atoms with van der Waals surface area (Å²) in [4.78, 5) is 0. The molecule has 0 aliphatic heterocycles. The number of rotatable bonds is 3. The van der Waals surface area contributed by atoms with Crippen LogP contribution in [0.3, 0.4) is 0 Å². The first-order chi connectivity index (χ1) is 4.84. The molecule has 0 radical (unpaired) electrons. The fourth-order valence-electron chi connectivity index (χ4n) is 1.57. The van der Waals surface area contributed by atoms with Gasteiger partial charge in [-0.15, -0.1) is 0 Å². The van der Waals surface area contributed by atoms with Gasteiger partial charge in [-0.3, -0.25) is 0 Å². The summed E-state index contributed by atoms with van der Waals surface area (Å²) in [6.45, 7) is 3.31. The predicted octanol–water partition coefficient (Wildman–Crippen LogP) is 0.866. The predicted molar refractivity (Wildman–Crippen MR) is 43.9 cm³/mol. The van der Waals surface area contributed by atoms with E-state index in [0.29, 0.717) is 12.1 Å². The quantitative estimate of drug-likeness (QED) is 0.613. The van der Waals surface area contributed by atoms with E-state index in [1.165, 1.54) is 25.7 Å². The van der Waals surface area contributed by atoms with Crippen LogP contribution in [0.5, 0.6) is 0 Å². The van der Waals surface area contributed by atoms with Crippen LogP contribution >= 0.6 is 0 Å². The lowest BCUT2D eigenvalue weighted by atomic mass is 10.2. The number of hydrogen-bond acceptors (Lipinski definition) is 2. The third kappa shape index (κ3) is 1.96. The molecule has 1 aliphatic carbocycles. The van der Waals surface area contributed by atoms with Crippen molar-refractivity contribution >= 4 is 0 Å². The Labute approximate surface area is 63.2 Å². The zero-order valence-electron chi connectivity index (χ0n) is 6.77. The van der Waals surface area contributed by atoms with E-state index in [-0.39, 0.29) is 0 Å². The molecule has 0 saturated heterocycles. The van der Waals surface area contributed by atoms with Crippen LogP contribution < -0.4 is 11.1 Å². The summed E-state index contributed by atoms with van der Waals surface area (Å²) < 4.78 is 0. The second-order valence-corrected chi connectivity index (χ2v) is 3.16. The average molecular weight is 142 g/mol. The second-order valence-electron chi connectivity index (χ2n) is 3.16. The minimum Gasteiger partial charge on any atom is -0.326 e. The average Bonchev–Trinajstić information content (AvgIpc) is 2.31. The molecule has 0 aromatic heterocycles. The van der Waals surface area contributed by atoms with Crippen molar-refractivity contribution in [3.63, 3.8) is 0 Å². The van der Waals surface area contributed by atoms with Crippen LogP contribution in [0.2, 0.25) is 0 Å². The molecule has 2 nitrogen and oxygen atoms in total. The maximum atomic E-state index is 5.86. The molecule has 0 aromatic carbocycles. The molecule has 0 heterocycles. The summed E-state index contributed by atoms with van der Waals surface area (Å²) >= 11 is 0. The van der Waals surface area contributed by atoms with Gasteiger partial charge in [-0.05, 0) is 25.8 Å². The molecule has 0 bridgehead atoms. The Balaban J connectivity index is 2.14.